The SMILES string of the molecule is CNC1OC1c1ccccc1Nc1nc(Nc2cc(-c3cnn(C)c3)c(N3CCOCC3)cc2OC)ncc1Br. The van der Waals surface area contributed by atoms with E-state index in [4.69, 9.17) is 19.2 Å². The van der Waals surface area contributed by atoms with Crippen molar-refractivity contribution in [1.82, 2.24) is 25.1 Å². The number of halogens is 1. The molecule has 0 saturated carbocycles. The highest BCUT2D eigenvalue weighted by Crippen LogP contribution is 2.42. The topological polar surface area (TPSA) is 114 Å². The second-order valence-electron chi connectivity index (χ2n) is 9.57. The van der Waals surface area contributed by atoms with Gasteiger partial charge in [-0.3, -0.25) is 10.00 Å². The largest absolute Gasteiger partial charge is 0.494 e. The number of rotatable bonds is 9. The molecule has 0 radical (unpaired) electrons. The van der Waals surface area contributed by atoms with Crippen molar-refractivity contribution in [2.75, 3.05) is 56.0 Å². The van der Waals surface area contributed by atoms with Gasteiger partial charge in [-0.2, -0.15) is 10.1 Å². The smallest absolute Gasteiger partial charge is 0.229 e. The third kappa shape index (κ3) is 5.48. The first kappa shape index (κ1) is 26.5. The Labute approximate surface area is 241 Å². The van der Waals surface area contributed by atoms with Crippen LogP contribution in [0, 0.1) is 0 Å². The molecule has 208 valence electrons. The first-order chi connectivity index (χ1) is 19.5. The molecule has 4 heterocycles. The number of para-hydroxylation sites is 1. The van der Waals surface area contributed by atoms with E-state index in [1.807, 2.05) is 44.7 Å². The standard InChI is InChI=1S/C28H31BrN8O3/c1-30-27-25(40-27)18-6-4-5-7-21(18)33-26-20(29)15-31-28(35-26)34-22-12-19(17-14-32-36(2)16-17)23(13-24(22)38-3)37-8-10-39-11-9-37/h4-7,12-16,25,27,30H,8-11H2,1-3H3,(H2,31,33,34,35). The van der Waals surface area contributed by atoms with Gasteiger partial charge < -0.3 is 29.7 Å². The summed E-state index contributed by atoms with van der Waals surface area (Å²) in [5, 5.41) is 14.4. The van der Waals surface area contributed by atoms with Crippen LogP contribution in [0.25, 0.3) is 11.1 Å². The minimum atomic E-state index is -0.00736. The Hall–Kier alpha value is -3.71. The lowest BCUT2D eigenvalue weighted by molar-refractivity contribution is 0.122. The zero-order valence-electron chi connectivity index (χ0n) is 22.5. The molecule has 2 aromatic heterocycles. The monoisotopic (exact) mass is 606 g/mol. The van der Waals surface area contributed by atoms with Crippen LogP contribution < -0.4 is 25.6 Å². The van der Waals surface area contributed by atoms with E-state index in [9.17, 15) is 0 Å². The van der Waals surface area contributed by atoms with Crippen LogP contribution in [0.4, 0.5) is 28.8 Å². The van der Waals surface area contributed by atoms with Crippen molar-refractivity contribution in [2.45, 2.75) is 12.3 Å². The van der Waals surface area contributed by atoms with Crippen molar-refractivity contribution in [1.29, 1.82) is 0 Å². The Bertz CT molecular complexity index is 1510. The maximum Gasteiger partial charge on any atom is 0.229 e. The normalized spacial score (nSPS) is 18.4. The van der Waals surface area contributed by atoms with E-state index in [1.165, 1.54) is 0 Å². The fourth-order valence-electron chi connectivity index (χ4n) is 4.88. The highest BCUT2D eigenvalue weighted by molar-refractivity contribution is 9.10. The van der Waals surface area contributed by atoms with Gasteiger partial charge >= 0.3 is 0 Å². The van der Waals surface area contributed by atoms with E-state index in [1.54, 1.807) is 18.0 Å². The Morgan fingerprint density at radius 1 is 1.07 bits per heavy atom. The summed E-state index contributed by atoms with van der Waals surface area (Å²) >= 11 is 3.59. The number of benzene rings is 2. The first-order valence-electron chi connectivity index (χ1n) is 13.1. The van der Waals surface area contributed by atoms with E-state index in [0.717, 1.165) is 51.3 Å². The van der Waals surface area contributed by atoms with Gasteiger partial charge in [0.05, 0.1) is 36.7 Å². The van der Waals surface area contributed by atoms with Gasteiger partial charge in [0.25, 0.3) is 0 Å². The maximum absolute atomic E-state index is 5.82. The van der Waals surface area contributed by atoms with Gasteiger partial charge in [0.2, 0.25) is 5.95 Å². The number of methoxy groups -OCH3 is 1. The number of likely N-dealkylation sites (N-methyl/N-ethyl adjacent to an activating group) is 1. The summed E-state index contributed by atoms with van der Waals surface area (Å²) in [5.41, 5.74) is 5.83. The molecule has 0 amide bonds. The minimum Gasteiger partial charge on any atom is -0.494 e. The molecule has 0 aliphatic carbocycles. The lowest BCUT2D eigenvalue weighted by atomic mass is 10.0. The molecular formula is C28H31BrN8O3. The number of anilines is 5. The van der Waals surface area contributed by atoms with Crippen LogP contribution in [-0.2, 0) is 16.5 Å². The van der Waals surface area contributed by atoms with E-state index < -0.39 is 0 Å². The zero-order valence-corrected chi connectivity index (χ0v) is 24.1. The van der Waals surface area contributed by atoms with E-state index in [2.05, 4.69) is 65.1 Å². The molecule has 0 bridgehead atoms. The van der Waals surface area contributed by atoms with Crippen LogP contribution in [0.3, 0.4) is 0 Å². The summed E-state index contributed by atoms with van der Waals surface area (Å²) in [6.07, 6.45) is 5.60. The Morgan fingerprint density at radius 2 is 1.90 bits per heavy atom. The summed E-state index contributed by atoms with van der Waals surface area (Å²) in [6.45, 7) is 2.97. The van der Waals surface area contributed by atoms with Crippen LogP contribution >= 0.6 is 15.9 Å². The zero-order chi connectivity index (χ0) is 27.6. The second-order valence-corrected chi connectivity index (χ2v) is 10.4. The summed E-state index contributed by atoms with van der Waals surface area (Å²) in [6, 6.07) is 12.2. The van der Waals surface area contributed by atoms with Crippen LogP contribution in [-0.4, -0.2) is 66.4 Å². The van der Waals surface area contributed by atoms with Gasteiger partial charge in [-0.15, -0.1) is 0 Å². The van der Waals surface area contributed by atoms with E-state index in [0.29, 0.717) is 30.7 Å². The number of morpholine rings is 1. The number of nitrogens with one attached hydrogen (secondary N) is 3. The lowest BCUT2D eigenvalue weighted by Crippen LogP contribution is -2.36. The molecule has 2 atom stereocenters. The summed E-state index contributed by atoms with van der Waals surface area (Å²) < 4.78 is 19.7. The number of hydrogen-bond acceptors (Lipinski definition) is 10. The average molecular weight is 608 g/mol. The van der Waals surface area contributed by atoms with E-state index >= 15 is 0 Å². The van der Waals surface area contributed by atoms with Crippen LogP contribution in [0.2, 0.25) is 0 Å². The number of hydrogen-bond donors (Lipinski definition) is 3. The third-order valence-electron chi connectivity index (χ3n) is 6.97. The fourth-order valence-corrected chi connectivity index (χ4v) is 5.17. The number of aromatic nitrogens is 4. The van der Waals surface area contributed by atoms with Crippen molar-refractivity contribution in [2.24, 2.45) is 7.05 Å². The van der Waals surface area contributed by atoms with Gasteiger partial charge in [0.15, 0.2) is 0 Å². The van der Waals surface area contributed by atoms with Crippen molar-refractivity contribution >= 4 is 44.8 Å². The molecule has 2 unspecified atom stereocenters. The quantitative estimate of drug-likeness (QED) is 0.234. The van der Waals surface area contributed by atoms with Crippen molar-refractivity contribution in [3.8, 4) is 16.9 Å². The van der Waals surface area contributed by atoms with Gasteiger partial charge in [-0.25, -0.2) is 4.98 Å². The molecule has 0 spiro atoms. The number of aryl methyl sites for hydroxylation is 1. The maximum atomic E-state index is 5.82. The predicted molar refractivity (Wildman–Crippen MR) is 158 cm³/mol. The molecule has 2 saturated heterocycles. The molecular weight excluding hydrogens is 576 g/mol. The molecule has 40 heavy (non-hydrogen) atoms. The Morgan fingerprint density at radius 3 is 2.62 bits per heavy atom. The van der Waals surface area contributed by atoms with Crippen LogP contribution in [0.15, 0.2) is 59.5 Å². The Balaban J connectivity index is 1.32. The van der Waals surface area contributed by atoms with Crippen molar-refractivity contribution < 1.29 is 14.2 Å². The Kier molecular flexibility index (Phi) is 7.57. The minimum absolute atomic E-state index is 0.00736. The molecule has 2 aromatic carbocycles. The molecule has 3 N–H and O–H groups in total. The van der Waals surface area contributed by atoms with Gasteiger partial charge in [-0.05, 0) is 35.1 Å². The third-order valence-corrected chi connectivity index (χ3v) is 7.55. The highest BCUT2D eigenvalue weighted by Gasteiger charge is 2.40. The molecule has 6 rings (SSSR count). The van der Waals surface area contributed by atoms with Crippen LogP contribution in [0.1, 0.15) is 11.7 Å². The van der Waals surface area contributed by atoms with Gasteiger partial charge in [0.1, 0.15) is 23.9 Å². The van der Waals surface area contributed by atoms with E-state index in [-0.39, 0.29) is 12.3 Å². The molecule has 11 nitrogen and oxygen atoms in total. The van der Waals surface area contributed by atoms with Gasteiger partial charge in [-0.1, -0.05) is 18.2 Å². The predicted octanol–water partition coefficient (Wildman–Crippen LogP) is 4.59. The summed E-state index contributed by atoms with van der Waals surface area (Å²) in [5.74, 6) is 1.74. The summed E-state index contributed by atoms with van der Waals surface area (Å²) in [7, 11) is 5.47. The molecule has 2 aliphatic heterocycles. The van der Waals surface area contributed by atoms with Crippen molar-refractivity contribution in [3.05, 3.63) is 65.0 Å². The average Bonchev–Trinajstić information content (AvgIpc) is 3.65. The number of nitrogens with zero attached hydrogens (tertiary/aromatic N) is 5. The fraction of sp³-hybridized carbons (Fsp3) is 0.321. The van der Waals surface area contributed by atoms with Gasteiger partial charge in [0, 0.05) is 66.7 Å². The number of ether oxygens (including phenoxy) is 3. The number of epoxide rings is 1. The second kappa shape index (κ2) is 11.4. The molecule has 2 aliphatic rings. The molecule has 2 fully saturated rings. The van der Waals surface area contributed by atoms with Crippen LogP contribution in [0.5, 0.6) is 5.75 Å². The molecule has 12 heteroatoms. The first-order valence-corrected chi connectivity index (χ1v) is 13.9. The lowest BCUT2D eigenvalue weighted by Gasteiger charge is -2.31. The highest BCUT2D eigenvalue weighted by atomic mass is 79.9. The van der Waals surface area contributed by atoms with Crippen molar-refractivity contribution in [3.63, 3.8) is 0 Å². The molecule has 4 aromatic rings. The summed E-state index contributed by atoms with van der Waals surface area (Å²) in [4.78, 5) is 11.6.